The van der Waals surface area contributed by atoms with Crippen molar-refractivity contribution < 1.29 is 0 Å². The molecule has 1 aliphatic rings. The van der Waals surface area contributed by atoms with Gasteiger partial charge < -0.3 is 5.73 Å². The number of thioether (sulfide) groups is 1. The molecule has 2 N–H and O–H groups in total. The van der Waals surface area contributed by atoms with Gasteiger partial charge in [-0.3, -0.25) is 0 Å². The van der Waals surface area contributed by atoms with Crippen LogP contribution in [-0.4, -0.2) is 18.1 Å². The van der Waals surface area contributed by atoms with E-state index in [1.54, 1.807) is 0 Å². The predicted octanol–water partition coefficient (Wildman–Crippen LogP) is 1.48. The molecule has 1 fully saturated rings. The van der Waals surface area contributed by atoms with Crippen molar-refractivity contribution in [3.63, 3.8) is 0 Å². The van der Waals surface area contributed by atoms with Crippen LogP contribution in [0.2, 0.25) is 0 Å². The van der Waals surface area contributed by atoms with E-state index in [0.717, 1.165) is 18.2 Å². The summed E-state index contributed by atoms with van der Waals surface area (Å²) in [6, 6.07) is 0. The summed E-state index contributed by atoms with van der Waals surface area (Å²) in [6.45, 7) is 0.843. The molecule has 0 heterocycles. The fourth-order valence-electron chi connectivity index (χ4n) is 0.842. The summed E-state index contributed by atoms with van der Waals surface area (Å²) in [7, 11) is 0. The first-order valence-electron chi connectivity index (χ1n) is 3.71. The molecule has 0 unspecified atom stereocenters. The second kappa shape index (κ2) is 4.18. The molecule has 1 aliphatic carbocycles. The molecule has 0 aliphatic heterocycles. The molecule has 1 saturated carbocycles. The summed E-state index contributed by atoms with van der Waals surface area (Å²) >= 11 is 2.00. The van der Waals surface area contributed by atoms with Gasteiger partial charge >= 0.3 is 0 Å². The Bertz CT molecular complexity index is 71.3. The first-order valence-corrected chi connectivity index (χ1v) is 4.87. The Labute approximate surface area is 61.4 Å². The van der Waals surface area contributed by atoms with Gasteiger partial charge in [-0.15, -0.1) is 0 Å². The van der Waals surface area contributed by atoms with Crippen LogP contribution in [0.4, 0.5) is 0 Å². The molecule has 0 spiro atoms. The van der Waals surface area contributed by atoms with Crippen LogP contribution in [0.3, 0.4) is 0 Å². The first kappa shape index (κ1) is 7.42. The van der Waals surface area contributed by atoms with E-state index in [0.29, 0.717) is 0 Å². The highest BCUT2D eigenvalue weighted by Crippen LogP contribution is 2.33. The minimum absolute atomic E-state index is 0.843. The van der Waals surface area contributed by atoms with Crippen molar-refractivity contribution in [2.75, 3.05) is 18.1 Å². The Morgan fingerprint density at radius 1 is 1.33 bits per heavy atom. The highest BCUT2D eigenvalue weighted by Gasteiger charge is 2.19. The van der Waals surface area contributed by atoms with Crippen molar-refractivity contribution in [2.24, 2.45) is 11.7 Å². The lowest BCUT2D eigenvalue weighted by Gasteiger charge is -1.95. The van der Waals surface area contributed by atoms with E-state index in [2.05, 4.69) is 0 Å². The third-order valence-electron chi connectivity index (χ3n) is 1.63. The van der Waals surface area contributed by atoms with Crippen LogP contribution in [-0.2, 0) is 0 Å². The Hall–Kier alpha value is 0.310. The van der Waals surface area contributed by atoms with Gasteiger partial charge in [-0.1, -0.05) is 12.8 Å². The zero-order valence-corrected chi connectivity index (χ0v) is 6.62. The molecule has 0 bridgehead atoms. The third kappa shape index (κ3) is 3.82. The monoisotopic (exact) mass is 145 g/mol. The van der Waals surface area contributed by atoms with E-state index in [1.807, 2.05) is 11.8 Å². The number of hydrogen-bond acceptors (Lipinski definition) is 2. The molecule has 9 heavy (non-hydrogen) atoms. The first-order chi connectivity index (χ1) is 4.43. The fraction of sp³-hybridized carbons (Fsp3) is 1.00. The largest absolute Gasteiger partial charge is 0.330 e. The molecule has 0 atom stereocenters. The van der Waals surface area contributed by atoms with Crippen LogP contribution in [0.15, 0.2) is 0 Å². The average Bonchev–Trinajstić information content (AvgIpc) is 2.63. The Morgan fingerprint density at radius 3 is 2.67 bits per heavy atom. The predicted molar refractivity (Wildman–Crippen MR) is 43.7 cm³/mol. The summed E-state index contributed by atoms with van der Waals surface area (Å²) in [6.07, 6.45) is 4.41. The van der Waals surface area contributed by atoms with Crippen molar-refractivity contribution >= 4 is 11.8 Å². The highest BCUT2D eigenvalue weighted by molar-refractivity contribution is 7.99. The van der Waals surface area contributed by atoms with Gasteiger partial charge in [0.05, 0.1) is 0 Å². The molecular formula is C7H15NS. The molecule has 1 rings (SSSR count). The topological polar surface area (TPSA) is 26.0 Å². The quantitative estimate of drug-likeness (QED) is 0.593. The van der Waals surface area contributed by atoms with Gasteiger partial charge in [-0.2, -0.15) is 11.8 Å². The van der Waals surface area contributed by atoms with Crippen LogP contribution in [0.1, 0.15) is 19.3 Å². The van der Waals surface area contributed by atoms with E-state index < -0.39 is 0 Å². The van der Waals surface area contributed by atoms with Crippen LogP contribution < -0.4 is 5.73 Å². The molecule has 0 radical (unpaired) electrons. The van der Waals surface area contributed by atoms with Crippen molar-refractivity contribution in [3.05, 3.63) is 0 Å². The number of nitrogens with two attached hydrogens (primary N) is 1. The molecule has 54 valence electrons. The maximum Gasteiger partial charge on any atom is 0.00558 e. The lowest BCUT2D eigenvalue weighted by molar-refractivity contribution is 0.808. The fourth-order valence-corrected chi connectivity index (χ4v) is 1.71. The summed E-state index contributed by atoms with van der Waals surface area (Å²) in [5.74, 6) is 3.57. The molecular weight excluding hydrogens is 130 g/mol. The Kier molecular flexibility index (Phi) is 3.44. The zero-order valence-electron chi connectivity index (χ0n) is 5.81. The van der Waals surface area contributed by atoms with Gasteiger partial charge in [0.1, 0.15) is 0 Å². The summed E-state index contributed by atoms with van der Waals surface area (Å²) in [5, 5.41) is 0. The number of hydrogen-bond donors (Lipinski definition) is 1. The van der Waals surface area contributed by atoms with E-state index >= 15 is 0 Å². The van der Waals surface area contributed by atoms with Gasteiger partial charge in [0.15, 0.2) is 0 Å². The van der Waals surface area contributed by atoms with Gasteiger partial charge in [0.2, 0.25) is 0 Å². The summed E-state index contributed by atoms with van der Waals surface area (Å²) < 4.78 is 0. The normalized spacial score (nSPS) is 18.3. The van der Waals surface area contributed by atoms with Crippen molar-refractivity contribution in [2.45, 2.75) is 19.3 Å². The van der Waals surface area contributed by atoms with Crippen LogP contribution in [0, 0.1) is 5.92 Å². The highest BCUT2D eigenvalue weighted by atomic mass is 32.2. The minimum Gasteiger partial charge on any atom is -0.330 e. The molecule has 0 aromatic carbocycles. The van der Waals surface area contributed by atoms with Gasteiger partial charge in [-0.05, 0) is 18.1 Å². The maximum atomic E-state index is 5.34. The second-order valence-corrected chi connectivity index (χ2v) is 3.86. The van der Waals surface area contributed by atoms with Crippen molar-refractivity contribution in [3.8, 4) is 0 Å². The summed E-state index contributed by atoms with van der Waals surface area (Å²) in [4.78, 5) is 0. The van der Waals surface area contributed by atoms with Crippen molar-refractivity contribution in [1.29, 1.82) is 0 Å². The van der Waals surface area contributed by atoms with E-state index in [4.69, 9.17) is 5.73 Å². The minimum atomic E-state index is 0.843. The molecule has 0 aromatic heterocycles. The van der Waals surface area contributed by atoms with Gasteiger partial charge in [0, 0.05) is 12.3 Å². The second-order valence-electron chi connectivity index (χ2n) is 2.63. The smallest absolute Gasteiger partial charge is 0.00558 e. The zero-order chi connectivity index (χ0) is 6.53. The lowest BCUT2D eigenvalue weighted by Crippen LogP contribution is -2.01. The van der Waals surface area contributed by atoms with Gasteiger partial charge in [-0.25, -0.2) is 0 Å². The molecule has 0 saturated heterocycles. The standard InChI is InChI=1S/C7H15NS/c8-4-6-9-5-3-7-1-2-7/h7H,1-6,8H2. The van der Waals surface area contributed by atoms with Crippen LogP contribution in [0.25, 0.3) is 0 Å². The average molecular weight is 145 g/mol. The SMILES string of the molecule is NCCSCCC1CC1. The van der Waals surface area contributed by atoms with E-state index in [-0.39, 0.29) is 0 Å². The van der Waals surface area contributed by atoms with Crippen molar-refractivity contribution in [1.82, 2.24) is 0 Å². The van der Waals surface area contributed by atoms with E-state index in [1.165, 1.54) is 25.0 Å². The molecule has 0 amide bonds. The molecule has 2 heteroatoms. The van der Waals surface area contributed by atoms with Gasteiger partial charge in [0.25, 0.3) is 0 Å². The number of rotatable bonds is 5. The lowest BCUT2D eigenvalue weighted by atomic mass is 10.3. The molecule has 0 aromatic rings. The van der Waals surface area contributed by atoms with E-state index in [9.17, 15) is 0 Å². The third-order valence-corrected chi connectivity index (χ3v) is 2.68. The Balaban J connectivity index is 1.71. The maximum absolute atomic E-state index is 5.34. The summed E-state index contributed by atoms with van der Waals surface area (Å²) in [5.41, 5.74) is 5.34. The van der Waals surface area contributed by atoms with Crippen LogP contribution in [0.5, 0.6) is 0 Å². The molecule has 1 nitrogen and oxygen atoms in total. The van der Waals surface area contributed by atoms with Crippen LogP contribution >= 0.6 is 11.8 Å². The Morgan fingerprint density at radius 2 is 2.11 bits per heavy atom.